The van der Waals surface area contributed by atoms with Crippen molar-refractivity contribution in [2.24, 2.45) is 0 Å². The van der Waals surface area contributed by atoms with E-state index in [1.807, 2.05) is 0 Å². The summed E-state index contributed by atoms with van der Waals surface area (Å²) in [4.78, 5) is 22.8. The molecule has 6 N–H and O–H groups in total. The van der Waals surface area contributed by atoms with Crippen molar-refractivity contribution in [3.05, 3.63) is 0 Å². The van der Waals surface area contributed by atoms with Crippen molar-refractivity contribution in [1.29, 1.82) is 0 Å². The molecule has 0 fully saturated rings. The molecule has 9 nitrogen and oxygen atoms in total. The molecular formula is H9AlO9SSi. The lowest BCUT2D eigenvalue weighted by Crippen LogP contribution is -2.37. The van der Waals surface area contributed by atoms with E-state index < -0.39 is 19.4 Å². The van der Waals surface area contributed by atoms with E-state index in [-0.39, 0.29) is 17.4 Å². The molecule has 0 rings (SSSR count). The summed E-state index contributed by atoms with van der Waals surface area (Å²) in [5, 5.41) is 7.21. The standard InChI is InChI=1S/Al.H4O5Si.H2O4S.3H/c;1-5-6(2,3)4;1-5(2,3)4;;;/h;1-4H;(H2,1,2,3,4);;;. The van der Waals surface area contributed by atoms with Crippen LogP contribution in [0.5, 0.6) is 0 Å². The second kappa shape index (κ2) is 6.88. The zero-order valence-corrected chi connectivity index (χ0v) is 6.63. The monoisotopic (exact) mass is 240 g/mol. The highest BCUT2D eigenvalue weighted by atomic mass is 32.3. The maximum absolute atomic E-state index is 8.74. The highest BCUT2D eigenvalue weighted by Crippen LogP contribution is 1.79. The quantitative estimate of drug-likeness (QED) is 0.116. The molecule has 0 aliphatic rings. The smallest absolute Gasteiger partial charge is 0.366 e. The molecule has 0 bridgehead atoms. The van der Waals surface area contributed by atoms with Gasteiger partial charge in [0.15, 0.2) is 17.4 Å². The van der Waals surface area contributed by atoms with Crippen LogP contribution in [0.3, 0.4) is 0 Å². The molecule has 0 amide bonds. The summed E-state index contributed by atoms with van der Waals surface area (Å²) in [5.41, 5.74) is 0. The van der Waals surface area contributed by atoms with Crippen molar-refractivity contribution in [2.75, 3.05) is 0 Å². The van der Waals surface area contributed by atoms with Crippen LogP contribution in [0.15, 0.2) is 0 Å². The average molecular weight is 240 g/mol. The molecule has 12 heteroatoms. The fourth-order valence-corrected chi connectivity index (χ4v) is 0. The Morgan fingerprint density at radius 2 is 1.17 bits per heavy atom. The second-order valence-corrected chi connectivity index (χ2v) is 3.34. The number of hydrogen-bond acceptors (Lipinski definition) is 7. The first-order valence-electron chi connectivity index (χ1n) is 1.76. The lowest BCUT2D eigenvalue weighted by atomic mass is 14.9. The Morgan fingerprint density at radius 1 is 1.08 bits per heavy atom. The van der Waals surface area contributed by atoms with E-state index in [1.165, 1.54) is 0 Å². The third-order valence-corrected chi connectivity index (χ3v) is 0.367. The maximum Gasteiger partial charge on any atom is 0.699 e. The number of hydrogen-bond donors (Lipinski definition) is 6. The van der Waals surface area contributed by atoms with Crippen LogP contribution in [-0.4, -0.2) is 63.6 Å². The first-order chi connectivity index (χ1) is 4.56. The minimum Gasteiger partial charge on any atom is -0.366 e. The molecule has 0 spiro atoms. The van der Waals surface area contributed by atoms with Crippen LogP contribution in [0.2, 0.25) is 0 Å². The maximum atomic E-state index is 8.74. The Kier molecular flexibility index (Phi) is 10.5. The first-order valence-corrected chi connectivity index (χ1v) is 4.90. The Hall–Kier alpha value is 0.419. The molecule has 12 heavy (non-hydrogen) atoms. The molecule has 0 atom stereocenters. The minimum atomic E-state index is -4.67. The van der Waals surface area contributed by atoms with Crippen molar-refractivity contribution >= 4 is 36.8 Å². The molecule has 0 aliphatic carbocycles. The number of rotatable bonds is 1. The van der Waals surface area contributed by atoms with Crippen LogP contribution in [-0.2, 0) is 15.0 Å². The van der Waals surface area contributed by atoms with Gasteiger partial charge in [-0.15, -0.1) is 0 Å². The molecule has 0 saturated carbocycles. The molecular weight excluding hydrogens is 231 g/mol. The van der Waals surface area contributed by atoms with Crippen LogP contribution in [0.25, 0.3) is 0 Å². The van der Waals surface area contributed by atoms with Gasteiger partial charge in [0.2, 0.25) is 0 Å². The molecule has 0 saturated heterocycles. The molecule has 0 heterocycles. The van der Waals surface area contributed by atoms with Gasteiger partial charge in [-0.05, 0) is 0 Å². The Morgan fingerprint density at radius 3 is 1.17 bits per heavy atom. The third-order valence-electron chi connectivity index (χ3n) is 0.122. The SMILES string of the molecule is O=S(=O)(O)O.OO[Si](O)(O)O.[AlH3]. The van der Waals surface area contributed by atoms with Gasteiger partial charge >= 0.3 is 19.4 Å². The Labute approximate surface area is 79.0 Å². The van der Waals surface area contributed by atoms with Crippen LogP contribution >= 0.6 is 0 Å². The normalized spacial score (nSPS) is 10.8. The van der Waals surface area contributed by atoms with Gasteiger partial charge in [-0.25, -0.2) is 0 Å². The first kappa shape index (κ1) is 18.3. The molecule has 0 unspecified atom stereocenters. The zero-order valence-electron chi connectivity index (χ0n) is 4.82. The Balaban J connectivity index is -0.000000126. The topological polar surface area (TPSA) is 165 Å². The fraction of sp³-hybridized carbons (Fsp3) is 0. The molecule has 0 aromatic carbocycles. The molecule has 76 valence electrons. The van der Waals surface area contributed by atoms with E-state index >= 15 is 0 Å². The largest absolute Gasteiger partial charge is 0.699 e. The molecule has 0 aliphatic heterocycles. The lowest BCUT2D eigenvalue weighted by molar-refractivity contribution is -0.209. The predicted octanol–water partition coefficient (Wildman–Crippen LogP) is -3.95. The van der Waals surface area contributed by atoms with Crippen molar-refractivity contribution in [3.63, 3.8) is 0 Å². The summed E-state index contributed by atoms with van der Waals surface area (Å²) in [6, 6.07) is 0. The molecule has 0 radical (unpaired) electrons. The van der Waals surface area contributed by atoms with Crippen LogP contribution in [0, 0.1) is 0 Å². The summed E-state index contributed by atoms with van der Waals surface area (Å²) in [6.45, 7) is 0. The van der Waals surface area contributed by atoms with Gasteiger partial charge in [0.1, 0.15) is 0 Å². The fourth-order valence-electron chi connectivity index (χ4n) is 0. The van der Waals surface area contributed by atoms with Crippen molar-refractivity contribution < 1.29 is 41.7 Å². The van der Waals surface area contributed by atoms with Crippen LogP contribution in [0.1, 0.15) is 0 Å². The van der Waals surface area contributed by atoms with Crippen molar-refractivity contribution in [1.82, 2.24) is 0 Å². The van der Waals surface area contributed by atoms with Crippen LogP contribution in [0.4, 0.5) is 0 Å². The predicted molar refractivity (Wildman–Crippen MR) is 40.2 cm³/mol. The lowest BCUT2D eigenvalue weighted by Gasteiger charge is -1.98. The zero-order chi connectivity index (χ0) is 9.71. The van der Waals surface area contributed by atoms with E-state index in [1.54, 1.807) is 0 Å². The Bertz CT molecular complexity index is 167. The van der Waals surface area contributed by atoms with Gasteiger partial charge < -0.3 is 14.4 Å². The molecule has 0 aromatic rings. The second-order valence-electron chi connectivity index (χ2n) is 1.11. The summed E-state index contributed by atoms with van der Waals surface area (Å²) in [7, 11) is -9.24. The van der Waals surface area contributed by atoms with Gasteiger partial charge in [0.05, 0.1) is 0 Å². The molecule has 0 aromatic heterocycles. The van der Waals surface area contributed by atoms with E-state index in [4.69, 9.17) is 37.2 Å². The minimum absolute atomic E-state index is 0. The van der Waals surface area contributed by atoms with E-state index in [9.17, 15) is 0 Å². The van der Waals surface area contributed by atoms with E-state index in [0.717, 1.165) is 0 Å². The van der Waals surface area contributed by atoms with Gasteiger partial charge in [-0.2, -0.15) is 13.0 Å². The van der Waals surface area contributed by atoms with Crippen molar-refractivity contribution in [2.45, 2.75) is 0 Å². The van der Waals surface area contributed by atoms with Crippen LogP contribution < -0.4 is 0 Å². The summed E-state index contributed by atoms with van der Waals surface area (Å²) in [5.74, 6) is 0. The van der Waals surface area contributed by atoms with Crippen molar-refractivity contribution in [3.8, 4) is 0 Å². The van der Waals surface area contributed by atoms with Gasteiger partial charge in [-0.1, -0.05) is 0 Å². The summed E-state index contributed by atoms with van der Waals surface area (Å²) in [6.07, 6.45) is 0. The highest BCUT2D eigenvalue weighted by Gasteiger charge is 2.30. The van der Waals surface area contributed by atoms with E-state index in [2.05, 4.69) is 4.58 Å². The average Bonchev–Trinajstić information content (AvgIpc) is 1.59. The van der Waals surface area contributed by atoms with Gasteiger partial charge in [0.25, 0.3) is 0 Å². The third kappa shape index (κ3) is 79.1. The highest BCUT2D eigenvalue weighted by molar-refractivity contribution is 7.79. The van der Waals surface area contributed by atoms with Gasteiger partial charge in [-0.3, -0.25) is 14.4 Å². The summed E-state index contributed by atoms with van der Waals surface area (Å²) < 4.78 is 34.3. The summed E-state index contributed by atoms with van der Waals surface area (Å²) >= 11 is 0. The van der Waals surface area contributed by atoms with Gasteiger partial charge in [0, 0.05) is 0 Å². The van der Waals surface area contributed by atoms with E-state index in [0.29, 0.717) is 0 Å².